The molecule has 0 spiro atoms. The van der Waals surface area contributed by atoms with E-state index in [0.29, 0.717) is 26.1 Å². The Bertz CT molecular complexity index is 330. The van der Waals surface area contributed by atoms with E-state index in [0.717, 1.165) is 11.3 Å². The van der Waals surface area contributed by atoms with Gasteiger partial charge < -0.3 is 19.3 Å². The van der Waals surface area contributed by atoms with E-state index < -0.39 is 6.10 Å². The maximum absolute atomic E-state index is 9.99. The predicted molar refractivity (Wildman–Crippen MR) is 62.9 cm³/mol. The van der Waals surface area contributed by atoms with Gasteiger partial charge in [0.05, 0.1) is 26.4 Å². The Morgan fingerprint density at radius 3 is 2.53 bits per heavy atom. The third-order valence-corrected chi connectivity index (χ3v) is 2.87. The summed E-state index contributed by atoms with van der Waals surface area (Å²) in [4.78, 5) is 0. The fourth-order valence-corrected chi connectivity index (χ4v) is 1.86. The van der Waals surface area contributed by atoms with Gasteiger partial charge in [0.25, 0.3) is 0 Å². The lowest BCUT2D eigenvalue weighted by Crippen LogP contribution is -2.09. The summed E-state index contributed by atoms with van der Waals surface area (Å²) in [5, 5.41) is 9.99. The Morgan fingerprint density at radius 2 is 1.94 bits per heavy atom. The van der Waals surface area contributed by atoms with Gasteiger partial charge in [-0.1, -0.05) is 12.1 Å². The van der Waals surface area contributed by atoms with E-state index in [2.05, 4.69) is 0 Å². The number of benzene rings is 1. The molecule has 17 heavy (non-hydrogen) atoms. The predicted octanol–water partition coefficient (Wildman–Crippen LogP) is 1.88. The minimum absolute atomic E-state index is 0.150. The summed E-state index contributed by atoms with van der Waals surface area (Å²) in [7, 11) is 1.63. The van der Waals surface area contributed by atoms with Crippen molar-refractivity contribution in [3.05, 3.63) is 29.8 Å². The molecule has 0 saturated carbocycles. The third-order valence-electron chi connectivity index (χ3n) is 2.87. The van der Waals surface area contributed by atoms with Gasteiger partial charge in [0.2, 0.25) is 0 Å². The second-order valence-electron chi connectivity index (χ2n) is 4.04. The molecule has 0 aliphatic carbocycles. The second-order valence-corrected chi connectivity index (χ2v) is 4.04. The van der Waals surface area contributed by atoms with E-state index in [1.54, 1.807) is 7.11 Å². The molecule has 0 aromatic heterocycles. The van der Waals surface area contributed by atoms with Crippen LogP contribution in [0.3, 0.4) is 0 Å². The lowest BCUT2D eigenvalue weighted by atomic mass is 10.0. The zero-order chi connectivity index (χ0) is 12.1. The van der Waals surface area contributed by atoms with E-state index in [9.17, 15) is 5.11 Å². The standard InChI is InChI=1S/C13H18O4/c1-15-11-4-2-10(3-5-11)12(14)6-7-13-16-8-9-17-13/h2-5,12-14H,6-9H2,1H3. The number of aliphatic hydroxyl groups is 1. The molecule has 1 heterocycles. The summed E-state index contributed by atoms with van der Waals surface area (Å²) in [6.07, 6.45) is 0.723. The highest BCUT2D eigenvalue weighted by molar-refractivity contribution is 5.28. The van der Waals surface area contributed by atoms with Gasteiger partial charge in [0, 0.05) is 6.42 Å². The number of methoxy groups -OCH3 is 1. The summed E-state index contributed by atoms with van der Waals surface area (Å²) in [6.45, 7) is 1.31. The topological polar surface area (TPSA) is 47.9 Å². The number of rotatable bonds is 5. The van der Waals surface area contributed by atoms with Crippen LogP contribution in [-0.2, 0) is 9.47 Å². The monoisotopic (exact) mass is 238 g/mol. The molecule has 1 unspecified atom stereocenters. The minimum atomic E-state index is -0.478. The van der Waals surface area contributed by atoms with Crippen molar-refractivity contribution in [2.24, 2.45) is 0 Å². The Morgan fingerprint density at radius 1 is 1.29 bits per heavy atom. The van der Waals surface area contributed by atoms with E-state index in [-0.39, 0.29) is 6.29 Å². The van der Waals surface area contributed by atoms with Crippen molar-refractivity contribution in [1.82, 2.24) is 0 Å². The smallest absolute Gasteiger partial charge is 0.157 e. The van der Waals surface area contributed by atoms with Gasteiger partial charge in [-0.15, -0.1) is 0 Å². The van der Waals surface area contributed by atoms with E-state index in [4.69, 9.17) is 14.2 Å². The van der Waals surface area contributed by atoms with E-state index >= 15 is 0 Å². The second kappa shape index (κ2) is 6.00. The zero-order valence-electron chi connectivity index (χ0n) is 9.96. The molecule has 1 aliphatic rings. The quantitative estimate of drug-likeness (QED) is 0.851. The first kappa shape index (κ1) is 12.4. The van der Waals surface area contributed by atoms with Gasteiger partial charge in [-0.05, 0) is 24.1 Å². The first-order chi connectivity index (χ1) is 8.29. The molecule has 4 heteroatoms. The Kier molecular flexibility index (Phi) is 4.36. The normalized spacial score (nSPS) is 18.2. The molecule has 1 saturated heterocycles. The Labute approximate surface area is 101 Å². The molecule has 1 N–H and O–H groups in total. The van der Waals surface area contributed by atoms with Gasteiger partial charge in [-0.2, -0.15) is 0 Å². The van der Waals surface area contributed by atoms with Crippen molar-refractivity contribution >= 4 is 0 Å². The molecule has 1 fully saturated rings. The number of aliphatic hydroxyl groups excluding tert-OH is 1. The maximum Gasteiger partial charge on any atom is 0.157 e. The Hall–Kier alpha value is -1.10. The van der Waals surface area contributed by atoms with Crippen molar-refractivity contribution in [3.63, 3.8) is 0 Å². The number of hydrogen-bond acceptors (Lipinski definition) is 4. The maximum atomic E-state index is 9.99. The van der Waals surface area contributed by atoms with Crippen LogP contribution < -0.4 is 4.74 Å². The van der Waals surface area contributed by atoms with Crippen molar-refractivity contribution in [3.8, 4) is 5.75 Å². The van der Waals surface area contributed by atoms with Crippen LogP contribution in [0.1, 0.15) is 24.5 Å². The average molecular weight is 238 g/mol. The fraction of sp³-hybridized carbons (Fsp3) is 0.538. The molecule has 1 aromatic rings. The van der Waals surface area contributed by atoms with Crippen LogP contribution in [0.2, 0.25) is 0 Å². The van der Waals surface area contributed by atoms with Gasteiger partial charge in [-0.25, -0.2) is 0 Å². The van der Waals surface area contributed by atoms with E-state index in [1.807, 2.05) is 24.3 Å². The molecule has 0 bridgehead atoms. The lowest BCUT2D eigenvalue weighted by Gasteiger charge is -2.14. The number of hydrogen-bond donors (Lipinski definition) is 1. The van der Waals surface area contributed by atoms with Crippen LogP contribution in [0, 0.1) is 0 Å². The van der Waals surface area contributed by atoms with Crippen LogP contribution in [0.5, 0.6) is 5.75 Å². The van der Waals surface area contributed by atoms with Crippen molar-refractivity contribution < 1.29 is 19.3 Å². The minimum Gasteiger partial charge on any atom is -0.497 e. The summed E-state index contributed by atoms with van der Waals surface area (Å²) < 4.78 is 15.7. The van der Waals surface area contributed by atoms with Crippen molar-refractivity contribution in [1.29, 1.82) is 0 Å². The average Bonchev–Trinajstić information content (AvgIpc) is 2.89. The molecule has 0 radical (unpaired) electrons. The summed E-state index contributed by atoms with van der Waals surface area (Å²) in [5.41, 5.74) is 0.892. The molecule has 2 rings (SSSR count). The van der Waals surface area contributed by atoms with E-state index in [1.165, 1.54) is 0 Å². The van der Waals surface area contributed by atoms with Gasteiger partial charge >= 0.3 is 0 Å². The third kappa shape index (κ3) is 3.43. The van der Waals surface area contributed by atoms with Gasteiger partial charge in [0.15, 0.2) is 6.29 Å². The molecular weight excluding hydrogens is 220 g/mol. The largest absolute Gasteiger partial charge is 0.497 e. The molecule has 1 aliphatic heterocycles. The number of ether oxygens (including phenoxy) is 3. The van der Waals surface area contributed by atoms with Crippen LogP contribution in [-0.4, -0.2) is 31.7 Å². The highest BCUT2D eigenvalue weighted by Gasteiger charge is 2.18. The van der Waals surface area contributed by atoms with Gasteiger partial charge in [-0.3, -0.25) is 0 Å². The molecular formula is C13H18O4. The zero-order valence-corrected chi connectivity index (χ0v) is 9.96. The van der Waals surface area contributed by atoms with Crippen molar-refractivity contribution in [2.45, 2.75) is 25.2 Å². The highest BCUT2D eigenvalue weighted by atomic mass is 16.7. The molecule has 1 atom stereocenters. The highest BCUT2D eigenvalue weighted by Crippen LogP contribution is 2.23. The Balaban J connectivity index is 1.83. The molecule has 0 amide bonds. The lowest BCUT2D eigenvalue weighted by molar-refractivity contribution is -0.0542. The van der Waals surface area contributed by atoms with Crippen LogP contribution in [0.25, 0.3) is 0 Å². The molecule has 94 valence electrons. The molecule has 1 aromatic carbocycles. The first-order valence-corrected chi connectivity index (χ1v) is 5.85. The summed E-state index contributed by atoms with van der Waals surface area (Å²) in [5.74, 6) is 0.795. The molecule has 4 nitrogen and oxygen atoms in total. The van der Waals surface area contributed by atoms with Crippen LogP contribution in [0.15, 0.2) is 24.3 Å². The van der Waals surface area contributed by atoms with Crippen LogP contribution >= 0.6 is 0 Å². The summed E-state index contributed by atoms with van der Waals surface area (Å²) >= 11 is 0. The van der Waals surface area contributed by atoms with Crippen molar-refractivity contribution in [2.75, 3.05) is 20.3 Å². The van der Waals surface area contributed by atoms with Crippen LogP contribution in [0.4, 0.5) is 0 Å². The van der Waals surface area contributed by atoms with Gasteiger partial charge in [0.1, 0.15) is 5.75 Å². The SMILES string of the molecule is COc1ccc(C(O)CCC2OCCO2)cc1. The fourth-order valence-electron chi connectivity index (χ4n) is 1.86. The summed E-state index contributed by atoms with van der Waals surface area (Å²) in [6, 6.07) is 7.45. The first-order valence-electron chi connectivity index (χ1n) is 5.85.